The van der Waals surface area contributed by atoms with Gasteiger partial charge in [0.05, 0.1) is 14.9 Å². The van der Waals surface area contributed by atoms with Crippen LogP contribution in [0.2, 0.25) is 13.1 Å². The first-order chi connectivity index (χ1) is 8.66. The Hall–Kier alpha value is -0.863. The van der Waals surface area contributed by atoms with E-state index in [0.717, 1.165) is 5.92 Å². The fourth-order valence-electron chi connectivity index (χ4n) is 3.63. The monoisotopic (exact) mass is 257 g/mol. The molecule has 2 bridgehead atoms. The third-order valence-corrected chi connectivity index (χ3v) is 6.09. The fraction of sp³-hybridized carbons (Fsp3) is 0.500. The first-order valence-corrected chi connectivity index (χ1v) is 9.42. The van der Waals surface area contributed by atoms with Crippen molar-refractivity contribution in [3.8, 4) is 0 Å². The molecule has 1 aromatic rings. The number of aliphatic hydroxyl groups excluding tert-OH is 1. The molecule has 2 aliphatic rings. The summed E-state index contributed by atoms with van der Waals surface area (Å²) in [7, 11) is -0.506. The van der Waals surface area contributed by atoms with Gasteiger partial charge in [0.1, 0.15) is 0 Å². The van der Waals surface area contributed by atoms with E-state index in [-0.39, 0.29) is 6.10 Å². The molecule has 0 heterocycles. The van der Waals surface area contributed by atoms with Gasteiger partial charge < -0.3 is 5.11 Å². The minimum absolute atomic E-state index is 0.263. The van der Waals surface area contributed by atoms with E-state index >= 15 is 0 Å². The minimum atomic E-state index is -0.506. The maximum absolute atomic E-state index is 10.8. The van der Waals surface area contributed by atoms with Crippen LogP contribution in [0.5, 0.6) is 0 Å². The van der Waals surface area contributed by atoms with Gasteiger partial charge in [-0.2, -0.15) is 0 Å². The zero-order chi connectivity index (χ0) is 12.7. The molecular formula is C16H21OSi. The predicted octanol–water partition coefficient (Wildman–Crippen LogP) is 2.89. The van der Waals surface area contributed by atoms with E-state index in [4.69, 9.17) is 0 Å². The van der Waals surface area contributed by atoms with Crippen molar-refractivity contribution in [2.45, 2.75) is 32.0 Å². The summed E-state index contributed by atoms with van der Waals surface area (Å²) >= 11 is 0. The topological polar surface area (TPSA) is 20.2 Å². The second kappa shape index (κ2) is 4.67. The molecule has 4 atom stereocenters. The molecule has 18 heavy (non-hydrogen) atoms. The van der Waals surface area contributed by atoms with E-state index in [9.17, 15) is 5.11 Å². The molecule has 95 valence electrons. The van der Waals surface area contributed by atoms with E-state index in [1.165, 1.54) is 23.6 Å². The van der Waals surface area contributed by atoms with Gasteiger partial charge in [0, 0.05) is 0 Å². The molecule has 0 spiro atoms. The summed E-state index contributed by atoms with van der Waals surface area (Å²) in [5.74, 6) is 1.79. The van der Waals surface area contributed by atoms with Crippen molar-refractivity contribution in [3.63, 3.8) is 0 Å². The third kappa shape index (κ3) is 1.98. The van der Waals surface area contributed by atoms with Gasteiger partial charge in [-0.25, -0.2) is 0 Å². The van der Waals surface area contributed by atoms with Crippen LogP contribution in [0, 0.1) is 17.8 Å². The standard InChI is InChI=1S/C16H21OSi/c1-18(2)15-6-4-3-5-13(15)16(17)14-10-11-7-8-12(14)9-11/h3-8,11-12,14,16-17H,9-10H2,1-2H3. The molecule has 2 aliphatic carbocycles. The van der Waals surface area contributed by atoms with Crippen LogP contribution in [0.25, 0.3) is 0 Å². The van der Waals surface area contributed by atoms with Crippen LogP contribution in [0.4, 0.5) is 0 Å². The van der Waals surface area contributed by atoms with Gasteiger partial charge in [0.2, 0.25) is 0 Å². The molecule has 1 nitrogen and oxygen atoms in total. The minimum Gasteiger partial charge on any atom is -0.388 e. The largest absolute Gasteiger partial charge is 0.388 e. The van der Waals surface area contributed by atoms with Gasteiger partial charge in [0.25, 0.3) is 0 Å². The number of benzene rings is 1. The van der Waals surface area contributed by atoms with Crippen molar-refractivity contribution in [2.24, 2.45) is 17.8 Å². The summed E-state index contributed by atoms with van der Waals surface area (Å²) in [5, 5.41) is 12.2. The zero-order valence-electron chi connectivity index (χ0n) is 11.1. The quantitative estimate of drug-likeness (QED) is 0.652. The van der Waals surface area contributed by atoms with Gasteiger partial charge in [0.15, 0.2) is 0 Å². The molecule has 1 radical (unpaired) electrons. The summed E-state index contributed by atoms with van der Waals surface area (Å²) in [6.07, 6.45) is 6.84. The van der Waals surface area contributed by atoms with Crippen LogP contribution in [0.1, 0.15) is 24.5 Å². The first kappa shape index (κ1) is 12.2. The smallest absolute Gasteiger partial charge is 0.0822 e. The lowest BCUT2D eigenvalue weighted by Crippen LogP contribution is -2.31. The van der Waals surface area contributed by atoms with Gasteiger partial charge in [-0.05, 0) is 36.2 Å². The fourth-order valence-corrected chi connectivity index (χ4v) is 4.87. The van der Waals surface area contributed by atoms with E-state index < -0.39 is 8.80 Å². The number of allylic oxidation sites excluding steroid dienone is 2. The van der Waals surface area contributed by atoms with Gasteiger partial charge >= 0.3 is 0 Å². The maximum atomic E-state index is 10.8. The summed E-state index contributed by atoms with van der Waals surface area (Å²) < 4.78 is 0. The molecule has 1 saturated carbocycles. The molecule has 3 rings (SSSR count). The number of hydrogen-bond acceptors (Lipinski definition) is 1. The van der Waals surface area contributed by atoms with Crippen molar-refractivity contribution in [1.29, 1.82) is 0 Å². The Labute approximate surface area is 111 Å². The second-order valence-corrected chi connectivity index (χ2v) is 8.51. The van der Waals surface area contributed by atoms with Crippen molar-refractivity contribution >= 4 is 14.0 Å². The molecule has 0 aromatic heterocycles. The first-order valence-electron chi connectivity index (χ1n) is 6.92. The lowest BCUT2D eigenvalue weighted by molar-refractivity contribution is 0.0944. The van der Waals surface area contributed by atoms with Crippen molar-refractivity contribution in [3.05, 3.63) is 42.0 Å². The summed E-state index contributed by atoms with van der Waals surface area (Å²) in [4.78, 5) is 0. The third-order valence-electron chi connectivity index (χ3n) is 4.55. The summed E-state index contributed by atoms with van der Waals surface area (Å²) in [5.41, 5.74) is 1.20. The molecule has 4 unspecified atom stereocenters. The maximum Gasteiger partial charge on any atom is 0.0822 e. The zero-order valence-corrected chi connectivity index (χ0v) is 12.1. The van der Waals surface area contributed by atoms with Gasteiger partial charge in [-0.1, -0.05) is 54.7 Å². The van der Waals surface area contributed by atoms with Crippen molar-refractivity contribution in [2.75, 3.05) is 0 Å². The van der Waals surface area contributed by atoms with Crippen LogP contribution in [0.3, 0.4) is 0 Å². The lowest BCUT2D eigenvalue weighted by Gasteiger charge is -2.27. The Morgan fingerprint density at radius 3 is 2.56 bits per heavy atom. The summed E-state index contributed by atoms with van der Waals surface area (Å²) in [6.45, 7) is 4.61. The highest BCUT2D eigenvalue weighted by Crippen LogP contribution is 2.48. The average Bonchev–Trinajstić information content (AvgIpc) is 3.00. The molecular weight excluding hydrogens is 236 g/mol. The number of hydrogen-bond donors (Lipinski definition) is 1. The normalized spacial score (nSPS) is 31.2. The van der Waals surface area contributed by atoms with Crippen LogP contribution in [-0.2, 0) is 0 Å². The van der Waals surface area contributed by atoms with Crippen LogP contribution in [0.15, 0.2) is 36.4 Å². The van der Waals surface area contributed by atoms with Gasteiger partial charge in [-0.3, -0.25) is 0 Å². The number of aliphatic hydroxyl groups is 1. The molecule has 0 amide bonds. The van der Waals surface area contributed by atoms with Crippen LogP contribution >= 0.6 is 0 Å². The second-order valence-electron chi connectivity index (χ2n) is 5.98. The SMILES string of the molecule is C[Si](C)c1ccccc1C(O)C1CC2C=CC1C2. The molecule has 1 N–H and O–H groups in total. The highest BCUT2D eigenvalue weighted by molar-refractivity contribution is 6.71. The van der Waals surface area contributed by atoms with Crippen LogP contribution in [-0.4, -0.2) is 13.9 Å². The average molecular weight is 257 g/mol. The van der Waals surface area contributed by atoms with Gasteiger partial charge in [-0.15, -0.1) is 0 Å². The number of fused-ring (bicyclic) bond motifs is 2. The molecule has 0 aliphatic heterocycles. The Bertz CT molecular complexity index is 466. The lowest BCUT2D eigenvalue weighted by atomic mass is 9.85. The Balaban J connectivity index is 1.88. The van der Waals surface area contributed by atoms with E-state index in [1.807, 2.05) is 0 Å². The highest BCUT2D eigenvalue weighted by Gasteiger charge is 2.40. The Kier molecular flexibility index (Phi) is 3.16. The predicted molar refractivity (Wildman–Crippen MR) is 77.4 cm³/mol. The Morgan fingerprint density at radius 1 is 1.17 bits per heavy atom. The van der Waals surface area contributed by atoms with Crippen LogP contribution < -0.4 is 5.19 Å². The van der Waals surface area contributed by atoms with E-state index in [1.54, 1.807) is 0 Å². The molecule has 1 fully saturated rings. The van der Waals surface area contributed by atoms with Crippen molar-refractivity contribution in [1.82, 2.24) is 0 Å². The highest BCUT2D eigenvalue weighted by atomic mass is 28.3. The van der Waals surface area contributed by atoms with Crippen molar-refractivity contribution < 1.29 is 5.11 Å². The Morgan fingerprint density at radius 2 is 1.94 bits per heavy atom. The summed E-state index contributed by atoms with van der Waals surface area (Å²) in [6, 6.07) is 8.50. The number of rotatable bonds is 3. The molecule has 0 saturated heterocycles. The molecule has 1 aromatic carbocycles. The van der Waals surface area contributed by atoms with E-state index in [2.05, 4.69) is 49.5 Å². The van der Waals surface area contributed by atoms with E-state index in [0.29, 0.717) is 11.8 Å². The molecule has 2 heteroatoms.